The minimum Gasteiger partial charge on any atom is -0.368 e. The van der Waals surface area contributed by atoms with Crippen molar-refractivity contribution >= 4 is 23.4 Å². The molecule has 0 spiro atoms. The van der Waals surface area contributed by atoms with Gasteiger partial charge < -0.3 is 20.5 Å². The van der Waals surface area contributed by atoms with Gasteiger partial charge in [-0.1, -0.05) is 11.2 Å². The number of hydrogen-bond donors (Lipinski definition) is 3. The van der Waals surface area contributed by atoms with E-state index in [1.165, 1.54) is 0 Å². The minimum atomic E-state index is -0.322. The minimum absolute atomic E-state index is 0.207. The van der Waals surface area contributed by atoms with E-state index in [1.807, 2.05) is 24.3 Å². The number of nitrogens with zero attached hydrogens (tertiary/aromatic N) is 5. The maximum atomic E-state index is 12.3. The van der Waals surface area contributed by atoms with E-state index < -0.39 is 0 Å². The van der Waals surface area contributed by atoms with Crippen LogP contribution in [0.2, 0.25) is 0 Å². The highest BCUT2D eigenvalue weighted by Crippen LogP contribution is 2.19. The molecular formula is C21H20N8O2. The van der Waals surface area contributed by atoms with E-state index >= 15 is 0 Å². The summed E-state index contributed by atoms with van der Waals surface area (Å²) in [6.45, 7) is 2.65. The predicted molar refractivity (Wildman–Crippen MR) is 115 cm³/mol. The summed E-state index contributed by atoms with van der Waals surface area (Å²) in [5, 5.41) is 12.9. The van der Waals surface area contributed by atoms with E-state index in [-0.39, 0.29) is 11.6 Å². The summed E-state index contributed by atoms with van der Waals surface area (Å²) in [4.78, 5) is 29.3. The van der Waals surface area contributed by atoms with Gasteiger partial charge in [-0.2, -0.15) is 0 Å². The van der Waals surface area contributed by atoms with Crippen LogP contribution in [0.15, 0.2) is 65.6 Å². The van der Waals surface area contributed by atoms with Crippen LogP contribution in [0.5, 0.6) is 0 Å². The van der Waals surface area contributed by atoms with Crippen LogP contribution in [-0.4, -0.2) is 44.1 Å². The molecule has 4 heterocycles. The summed E-state index contributed by atoms with van der Waals surface area (Å²) in [5.74, 6) is 2.73. The van der Waals surface area contributed by atoms with Crippen LogP contribution in [0.25, 0.3) is 11.3 Å². The molecule has 0 atom stereocenters. The van der Waals surface area contributed by atoms with Crippen molar-refractivity contribution in [2.45, 2.75) is 6.92 Å². The zero-order valence-corrected chi connectivity index (χ0v) is 16.7. The van der Waals surface area contributed by atoms with Crippen molar-refractivity contribution in [2.24, 2.45) is 0 Å². The summed E-state index contributed by atoms with van der Waals surface area (Å²) in [6.07, 6.45) is 5.01. The molecule has 0 saturated heterocycles. The van der Waals surface area contributed by atoms with Gasteiger partial charge in [0.1, 0.15) is 23.3 Å². The Kier molecular flexibility index (Phi) is 6.08. The lowest BCUT2D eigenvalue weighted by Crippen LogP contribution is -2.29. The quantitative estimate of drug-likeness (QED) is 0.371. The first-order chi connectivity index (χ1) is 15.2. The maximum Gasteiger partial charge on any atom is 0.273 e. The Morgan fingerprint density at radius 2 is 1.90 bits per heavy atom. The van der Waals surface area contributed by atoms with Gasteiger partial charge in [-0.15, -0.1) is 0 Å². The first-order valence-electron chi connectivity index (χ1n) is 9.60. The van der Waals surface area contributed by atoms with Gasteiger partial charge in [-0.3, -0.25) is 9.78 Å². The highest BCUT2D eigenvalue weighted by Gasteiger charge is 2.13. The van der Waals surface area contributed by atoms with E-state index in [0.29, 0.717) is 42.1 Å². The number of nitrogens with one attached hydrogen (secondary N) is 3. The van der Waals surface area contributed by atoms with E-state index in [4.69, 9.17) is 4.52 Å². The standard InChI is InChI=1S/C21H20N8O2/c1-14-26-19(12-20(27-14)28-18-6-2-3-8-23-18)24-9-10-25-21(30)16-11-17(31-29-16)15-5-4-7-22-13-15/h2-8,11-13H,9-10H2,1H3,(H,25,30)(H2,23,24,26,27,28). The molecule has 0 bridgehead atoms. The van der Waals surface area contributed by atoms with Crippen LogP contribution in [0.1, 0.15) is 16.3 Å². The van der Waals surface area contributed by atoms with Crippen molar-refractivity contribution in [2.75, 3.05) is 23.7 Å². The molecule has 1 amide bonds. The third kappa shape index (κ3) is 5.38. The number of rotatable bonds is 8. The Labute approximate surface area is 178 Å². The van der Waals surface area contributed by atoms with Crippen LogP contribution < -0.4 is 16.0 Å². The van der Waals surface area contributed by atoms with Gasteiger partial charge in [0.2, 0.25) is 0 Å². The number of carbonyl (C=O) groups excluding carboxylic acids is 1. The van der Waals surface area contributed by atoms with Crippen molar-refractivity contribution in [3.8, 4) is 11.3 Å². The van der Waals surface area contributed by atoms with Gasteiger partial charge >= 0.3 is 0 Å². The summed E-state index contributed by atoms with van der Waals surface area (Å²) >= 11 is 0. The van der Waals surface area contributed by atoms with Crippen LogP contribution in [0, 0.1) is 6.92 Å². The fourth-order valence-corrected chi connectivity index (χ4v) is 2.77. The molecule has 10 nitrogen and oxygen atoms in total. The molecule has 0 fully saturated rings. The molecule has 10 heteroatoms. The van der Waals surface area contributed by atoms with Crippen LogP contribution in [0.4, 0.5) is 17.5 Å². The first kappa shape index (κ1) is 20.0. The lowest BCUT2D eigenvalue weighted by molar-refractivity contribution is 0.0946. The number of aryl methyl sites for hydroxylation is 1. The first-order valence-corrected chi connectivity index (χ1v) is 9.60. The van der Waals surface area contributed by atoms with E-state index in [2.05, 4.69) is 41.0 Å². The Hall–Kier alpha value is -4.34. The van der Waals surface area contributed by atoms with Gasteiger partial charge in [0.25, 0.3) is 5.91 Å². The van der Waals surface area contributed by atoms with Crippen molar-refractivity contribution < 1.29 is 9.32 Å². The molecule has 0 aliphatic rings. The lowest BCUT2D eigenvalue weighted by atomic mass is 10.2. The average molecular weight is 416 g/mol. The van der Waals surface area contributed by atoms with Crippen molar-refractivity contribution in [3.63, 3.8) is 0 Å². The van der Waals surface area contributed by atoms with Crippen molar-refractivity contribution in [1.29, 1.82) is 0 Å². The molecule has 0 unspecified atom stereocenters. The van der Waals surface area contributed by atoms with Gasteiger partial charge in [-0.25, -0.2) is 15.0 Å². The Balaban J connectivity index is 1.29. The molecule has 3 N–H and O–H groups in total. The molecule has 4 aromatic rings. The van der Waals surface area contributed by atoms with Gasteiger partial charge in [0, 0.05) is 49.4 Å². The topological polar surface area (TPSA) is 131 Å². The zero-order valence-electron chi connectivity index (χ0n) is 16.7. The average Bonchev–Trinajstić information content (AvgIpc) is 3.28. The second-order valence-electron chi connectivity index (χ2n) is 6.53. The third-order valence-electron chi connectivity index (χ3n) is 4.16. The van der Waals surface area contributed by atoms with Crippen molar-refractivity contribution in [1.82, 2.24) is 30.4 Å². The van der Waals surface area contributed by atoms with E-state index in [1.54, 1.807) is 43.7 Å². The number of aromatic nitrogens is 5. The molecule has 0 aliphatic carbocycles. The molecule has 31 heavy (non-hydrogen) atoms. The highest BCUT2D eigenvalue weighted by molar-refractivity contribution is 5.93. The molecule has 0 saturated carbocycles. The fourth-order valence-electron chi connectivity index (χ4n) is 2.77. The van der Waals surface area contributed by atoms with Gasteiger partial charge in [0.05, 0.1) is 0 Å². The summed E-state index contributed by atoms with van der Waals surface area (Å²) in [5.41, 5.74) is 0.962. The Morgan fingerprint density at radius 1 is 1.00 bits per heavy atom. The molecule has 156 valence electrons. The fraction of sp³-hybridized carbons (Fsp3) is 0.143. The van der Waals surface area contributed by atoms with E-state index in [0.717, 1.165) is 5.56 Å². The Bertz CT molecular complexity index is 1150. The van der Waals surface area contributed by atoms with E-state index in [9.17, 15) is 4.79 Å². The van der Waals surface area contributed by atoms with Gasteiger partial charge in [0.15, 0.2) is 11.5 Å². The molecular weight excluding hydrogens is 396 g/mol. The smallest absolute Gasteiger partial charge is 0.273 e. The summed E-state index contributed by atoms with van der Waals surface area (Å²) in [7, 11) is 0. The molecule has 4 aromatic heterocycles. The summed E-state index contributed by atoms with van der Waals surface area (Å²) < 4.78 is 5.23. The number of amides is 1. The lowest BCUT2D eigenvalue weighted by Gasteiger charge is -2.10. The van der Waals surface area contributed by atoms with Crippen LogP contribution >= 0.6 is 0 Å². The SMILES string of the molecule is Cc1nc(NCCNC(=O)c2cc(-c3cccnc3)on2)cc(Nc2ccccn2)n1. The number of carbonyl (C=O) groups is 1. The monoisotopic (exact) mass is 416 g/mol. The second kappa shape index (κ2) is 9.44. The largest absolute Gasteiger partial charge is 0.368 e. The molecule has 0 aliphatic heterocycles. The highest BCUT2D eigenvalue weighted by atomic mass is 16.5. The number of pyridine rings is 2. The predicted octanol–water partition coefficient (Wildman–Crippen LogP) is 2.82. The number of anilines is 3. The maximum absolute atomic E-state index is 12.3. The van der Waals surface area contributed by atoms with Crippen LogP contribution in [0.3, 0.4) is 0 Å². The van der Waals surface area contributed by atoms with Gasteiger partial charge in [-0.05, 0) is 31.2 Å². The summed E-state index contributed by atoms with van der Waals surface area (Å²) in [6, 6.07) is 12.6. The molecule has 4 rings (SSSR count). The normalized spacial score (nSPS) is 10.5. The van der Waals surface area contributed by atoms with Crippen LogP contribution in [-0.2, 0) is 0 Å². The second-order valence-corrected chi connectivity index (χ2v) is 6.53. The zero-order chi connectivity index (χ0) is 21.5. The number of hydrogen-bond acceptors (Lipinski definition) is 9. The Morgan fingerprint density at radius 3 is 2.71 bits per heavy atom. The molecule has 0 aromatic carbocycles. The third-order valence-corrected chi connectivity index (χ3v) is 4.16. The molecule has 0 radical (unpaired) electrons. The van der Waals surface area contributed by atoms with Crippen molar-refractivity contribution in [3.05, 3.63) is 72.6 Å².